The Hall–Kier alpha value is -2.81. The van der Waals surface area contributed by atoms with Gasteiger partial charge in [0.15, 0.2) is 10.7 Å². The molecule has 0 radical (unpaired) electrons. The molecule has 0 unspecified atom stereocenters. The minimum atomic E-state index is -0.195. The van der Waals surface area contributed by atoms with E-state index < -0.39 is 0 Å². The van der Waals surface area contributed by atoms with E-state index in [1.54, 1.807) is 22.6 Å². The third-order valence-electron chi connectivity index (χ3n) is 5.24. The van der Waals surface area contributed by atoms with Crippen molar-refractivity contribution >= 4 is 28.7 Å². The standard InChI is InChI=1S/C21H25N5O3S/c1-3-25-13-17-19(23-25)20(28)26(12-15-6-8-16(29-2)9-7-15)21(22-17)30-14-18(27)24-10-4-5-11-24/h6-9,13H,3-5,10-12,14H2,1-2H3. The van der Waals surface area contributed by atoms with Gasteiger partial charge in [-0.15, -0.1) is 0 Å². The second-order valence-electron chi connectivity index (χ2n) is 7.23. The number of ether oxygens (including phenoxy) is 1. The molecule has 158 valence electrons. The average Bonchev–Trinajstić information content (AvgIpc) is 3.45. The lowest BCUT2D eigenvalue weighted by molar-refractivity contribution is -0.127. The summed E-state index contributed by atoms with van der Waals surface area (Å²) in [6.07, 6.45) is 3.89. The Morgan fingerprint density at radius 3 is 2.60 bits per heavy atom. The molecule has 3 aromatic rings. The van der Waals surface area contributed by atoms with Crippen LogP contribution in [0.15, 0.2) is 40.4 Å². The monoisotopic (exact) mass is 427 g/mol. The number of aryl methyl sites for hydroxylation is 1. The number of likely N-dealkylation sites (tertiary alicyclic amines) is 1. The van der Waals surface area contributed by atoms with E-state index in [2.05, 4.69) is 10.1 Å². The number of carbonyl (C=O) groups excluding carboxylic acids is 1. The van der Waals surface area contributed by atoms with Gasteiger partial charge in [0.05, 0.1) is 25.6 Å². The van der Waals surface area contributed by atoms with Gasteiger partial charge >= 0.3 is 0 Å². The minimum absolute atomic E-state index is 0.0899. The van der Waals surface area contributed by atoms with Crippen LogP contribution in [-0.2, 0) is 17.9 Å². The van der Waals surface area contributed by atoms with Crippen LogP contribution in [0.1, 0.15) is 25.3 Å². The Bertz CT molecular complexity index is 1100. The van der Waals surface area contributed by atoms with Gasteiger partial charge in [-0.3, -0.25) is 18.8 Å². The number of amides is 1. The van der Waals surface area contributed by atoms with E-state index in [0.29, 0.717) is 29.3 Å². The van der Waals surface area contributed by atoms with E-state index in [1.807, 2.05) is 36.1 Å². The molecule has 1 aliphatic heterocycles. The first-order valence-corrected chi connectivity index (χ1v) is 11.1. The van der Waals surface area contributed by atoms with Crippen LogP contribution < -0.4 is 10.3 Å². The molecule has 1 aliphatic rings. The van der Waals surface area contributed by atoms with E-state index >= 15 is 0 Å². The van der Waals surface area contributed by atoms with Crippen molar-refractivity contribution in [3.8, 4) is 5.75 Å². The largest absolute Gasteiger partial charge is 0.497 e. The summed E-state index contributed by atoms with van der Waals surface area (Å²) < 4.78 is 8.53. The summed E-state index contributed by atoms with van der Waals surface area (Å²) in [4.78, 5) is 32.3. The second kappa shape index (κ2) is 8.91. The van der Waals surface area contributed by atoms with Gasteiger partial charge in [0.1, 0.15) is 11.3 Å². The van der Waals surface area contributed by atoms with Crippen LogP contribution in [0.25, 0.3) is 11.0 Å². The fourth-order valence-electron chi connectivity index (χ4n) is 3.53. The van der Waals surface area contributed by atoms with E-state index in [-0.39, 0.29) is 17.2 Å². The topological polar surface area (TPSA) is 82.3 Å². The van der Waals surface area contributed by atoms with Crippen molar-refractivity contribution in [1.82, 2.24) is 24.2 Å². The van der Waals surface area contributed by atoms with Crippen LogP contribution in [0.5, 0.6) is 5.75 Å². The number of methoxy groups -OCH3 is 1. The van der Waals surface area contributed by atoms with E-state index in [0.717, 1.165) is 37.2 Å². The number of nitrogens with zero attached hydrogens (tertiary/aromatic N) is 5. The Labute approximate surface area is 178 Å². The lowest BCUT2D eigenvalue weighted by atomic mass is 10.2. The van der Waals surface area contributed by atoms with Gasteiger partial charge in [0, 0.05) is 19.6 Å². The molecule has 0 N–H and O–H groups in total. The molecule has 4 rings (SSSR count). The normalized spacial score (nSPS) is 13.9. The Balaban J connectivity index is 1.67. The quantitative estimate of drug-likeness (QED) is 0.425. The van der Waals surface area contributed by atoms with E-state index in [9.17, 15) is 9.59 Å². The van der Waals surface area contributed by atoms with Crippen molar-refractivity contribution in [2.45, 2.75) is 38.0 Å². The third-order valence-corrected chi connectivity index (χ3v) is 6.21. The molecular formula is C21H25N5O3S. The molecular weight excluding hydrogens is 402 g/mol. The molecule has 0 aliphatic carbocycles. The highest BCUT2D eigenvalue weighted by Crippen LogP contribution is 2.21. The van der Waals surface area contributed by atoms with Gasteiger partial charge in [0.25, 0.3) is 5.56 Å². The Kier molecular flexibility index (Phi) is 6.08. The summed E-state index contributed by atoms with van der Waals surface area (Å²) in [5, 5.41) is 4.91. The Morgan fingerprint density at radius 1 is 1.20 bits per heavy atom. The van der Waals surface area contributed by atoms with E-state index in [4.69, 9.17) is 4.74 Å². The Morgan fingerprint density at radius 2 is 1.93 bits per heavy atom. The van der Waals surface area contributed by atoms with Gasteiger partial charge in [-0.1, -0.05) is 23.9 Å². The number of hydrogen-bond acceptors (Lipinski definition) is 6. The predicted octanol–water partition coefficient (Wildman–Crippen LogP) is 2.38. The molecule has 1 aromatic carbocycles. The summed E-state index contributed by atoms with van der Waals surface area (Å²) in [5.41, 5.74) is 1.66. The summed E-state index contributed by atoms with van der Waals surface area (Å²) in [6.45, 7) is 4.60. The number of thioether (sulfide) groups is 1. The molecule has 1 fully saturated rings. The molecule has 2 aromatic heterocycles. The summed E-state index contributed by atoms with van der Waals surface area (Å²) >= 11 is 1.31. The number of fused-ring (bicyclic) bond motifs is 1. The van der Waals surface area contributed by atoms with Crippen LogP contribution in [0.3, 0.4) is 0 Å². The SMILES string of the molecule is CCn1cc2nc(SCC(=O)N3CCCC3)n(Cc3ccc(OC)cc3)c(=O)c2n1. The molecule has 30 heavy (non-hydrogen) atoms. The molecule has 0 spiro atoms. The number of benzene rings is 1. The molecule has 1 saturated heterocycles. The molecule has 0 bridgehead atoms. The maximum Gasteiger partial charge on any atom is 0.282 e. The molecule has 9 heteroatoms. The van der Waals surface area contributed by atoms with Gasteiger partial charge in [0.2, 0.25) is 5.91 Å². The smallest absolute Gasteiger partial charge is 0.282 e. The maximum atomic E-state index is 13.2. The lowest BCUT2D eigenvalue weighted by Gasteiger charge is -2.16. The van der Waals surface area contributed by atoms with Crippen LogP contribution in [-0.4, -0.2) is 56.1 Å². The first kappa shape index (κ1) is 20.5. The molecule has 8 nitrogen and oxygen atoms in total. The van der Waals surface area contributed by atoms with Crippen LogP contribution >= 0.6 is 11.8 Å². The maximum absolute atomic E-state index is 13.2. The highest BCUT2D eigenvalue weighted by molar-refractivity contribution is 7.99. The fourth-order valence-corrected chi connectivity index (χ4v) is 4.43. The van der Waals surface area contributed by atoms with Gasteiger partial charge in [-0.25, -0.2) is 4.98 Å². The van der Waals surface area contributed by atoms with E-state index in [1.165, 1.54) is 11.8 Å². The third kappa shape index (κ3) is 4.21. The van der Waals surface area contributed by atoms with Crippen molar-refractivity contribution < 1.29 is 9.53 Å². The summed E-state index contributed by atoms with van der Waals surface area (Å²) in [6, 6.07) is 7.57. The zero-order valence-electron chi connectivity index (χ0n) is 17.2. The number of aromatic nitrogens is 4. The number of carbonyl (C=O) groups is 1. The average molecular weight is 428 g/mol. The van der Waals surface area contributed by atoms with Crippen molar-refractivity contribution in [3.63, 3.8) is 0 Å². The predicted molar refractivity (Wildman–Crippen MR) is 116 cm³/mol. The minimum Gasteiger partial charge on any atom is -0.497 e. The van der Waals surface area contributed by atoms with Crippen molar-refractivity contribution in [2.75, 3.05) is 26.0 Å². The molecule has 0 atom stereocenters. The zero-order valence-corrected chi connectivity index (χ0v) is 18.0. The van der Waals surface area contributed by atoms with Crippen LogP contribution in [0, 0.1) is 0 Å². The second-order valence-corrected chi connectivity index (χ2v) is 8.17. The van der Waals surface area contributed by atoms with Crippen molar-refractivity contribution in [2.24, 2.45) is 0 Å². The van der Waals surface area contributed by atoms with Crippen molar-refractivity contribution in [1.29, 1.82) is 0 Å². The molecule has 0 saturated carbocycles. The summed E-state index contributed by atoms with van der Waals surface area (Å²) in [7, 11) is 1.62. The van der Waals surface area contributed by atoms with Crippen LogP contribution in [0.2, 0.25) is 0 Å². The zero-order chi connectivity index (χ0) is 21.1. The molecule has 1 amide bonds. The highest BCUT2D eigenvalue weighted by Gasteiger charge is 2.20. The lowest BCUT2D eigenvalue weighted by Crippen LogP contribution is -2.30. The number of rotatable bonds is 7. The van der Waals surface area contributed by atoms with Crippen molar-refractivity contribution in [3.05, 3.63) is 46.4 Å². The first-order valence-electron chi connectivity index (χ1n) is 10.1. The van der Waals surface area contributed by atoms with Crippen LogP contribution in [0.4, 0.5) is 0 Å². The molecule has 3 heterocycles. The first-order chi connectivity index (χ1) is 14.6. The highest BCUT2D eigenvalue weighted by atomic mass is 32.2. The number of hydrogen-bond donors (Lipinski definition) is 0. The summed E-state index contributed by atoms with van der Waals surface area (Å²) in [5.74, 6) is 1.11. The van der Waals surface area contributed by atoms with Gasteiger partial charge in [-0.05, 0) is 37.5 Å². The van der Waals surface area contributed by atoms with Gasteiger partial charge in [-0.2, -0.15) is 5.10 Å². The van der Waals surface area contributed by atoms with Gasteiger partial charge < -0.3 is 9.64 Å². The fraction of sp³-hybridized carbons (Fsp3) is 0.429.